The van der Waals surface area contributed by atoms with Gasteiger partial charge in [0.2, 0.25) is 0 Å². The Morgan fingerprint density at radius 2 is 1.08 bits per heavy atom. The largest absolute Gasteiger partial charge is 0.415 e. The lowest BCUT2D eigenvalue weighted by Gasteiger charge is -2.32. The van der Waals surface area contributed by atoms with Crippen molar-refractivity contribution in [1.29, 1.82) is 0 Å². The maximum Gasteiger partial charge on any atom is 0.186 e. The zero-order valence-electron chi connectivity index (χ0n) is 8.64. The van der Waals surface area contributed by atoms with Crippen molar-refractivity contribution in [3.05, 3.63) is 0 Å². The second-order valence-corrected chi connectivity index (χ2v) is 13.3. The van der Waals surface area contributed by atoms with Gasteiger partial charge < -0.3 is 8.85 Å². The minimum Gasteiger partial charge on any atom is -0.415 e. The van der Waals surface area contributed by atoms with E-state index >= 15 is 0 Å². The molecule has 1 aliphatic rings. The van der Waals surface area contributed by atoms with Crippen LogP contribution in [0.25, 0.3) is 0 Å². The maximum atomic E-state index is 5.80. The van der Waals surface area contributed by atoms with E-state index < -0.39 is 16.6 Å². The lowest BCUT2D eigenvalue weighted by Crippen LogP contribution is -2.41. The van der Waals surface area contributed by atoms with Gasteiger partial charge in [-0.15, -0.1) is 0 Å². The Kier molecular flexibility index (Phi) is 3.14. The first kappa shape index (κ1) is 10.4. The van der Waals surface area contributed by atoms with Crippen LogP contribution in [-0.4, -0.2) is 29.8 Å². The monoisotopic (exact) mass is 204 g/mol. The van der Waals surface area contributed by atoms with Crippen LogP contribution in [0.1, 0.15) is 0 Å². The molecule has 0 bridgehead atoms. The highest BCUT2D eigenvalue weighted by molar-refractivity contribution is 6.76. The first-order valence-corrected chi connectivity index (χ1v) is 10.9. The summed E-state index contributed by atoms with van der Waals surface area (Å²) in [6, 6.07) is 2.54. The quantitative estimate of drug-likeness (QED) is 0.564. The van der Waals surface area contributed by atoms with Gasteiger partial charge in [0.15, 0.2) is 16.6 Å². The topological polar surface area (TPSA) is 18.5 Å². The van der Waals surface area contributed by atoms with E-state index in [0.717, 1.165) is 13.2 Å². The molecule has 0 spiro atoms. The summed E-state index contributed by atoms with van der Waals surface area (Å²) in [5, 5.41) is 0. The molecule has 0 aromatic rings. The minimum atomic E-state index is -1.31. The summed E-state index contributed by atoms with van der Waals surface area (Å²) < 4.78 is 11.6. The van der Waals surface area contributed by atoms with Crippen molar-refractivity contribution in [1.82, 2.24) is 0 Å². The van der Waals surface area contributed by atoms with Gasteiger partial charge in [-0.25, -0.2) is 0 Å². The molecule has 0 radical (unpaired) electrons. The normalized spacial score (nSPS) is 29.0. The molecule has 0 saturated carbocycles. The molecule has 4 heteroatoms. The summed E-state index contributed by atoms with van der Waals surface area (Å²) in [6.45, 7) is 10.9. The fraction of sp³-hybridized carbons (Fsp3) is 1.00. The van der Waals surface area contributed by atoms with Crippen LogP contribution in [0.3, 0.4) is 0 Å². The van der Waals surface area contributed by atoms with Crippen molar-refractivity contribution in [3.8, 4) is 0 Å². The number of hydrogen-bond acceptors (Lipinski definition) is 2. The molecular weight excluding hydrogens is 184 g/mol. The van der Waals surface area contributed by atoms with Crippen LogP contribution in [0.4, 0.5) is 0 Å². The fourth-order valence-electron chi connectivity index (χ4n) is 1.38. The zero-order valence-corrected chi connectivity index (χ0v) is 10.6. The molecule has 12 heavy (non-hydrogen) atoms. The highest BCUT2D eigenvalue weighted by Crippen LogP contribution is 2.23. The number of hydrogen-bond donors (Lipinski definition) is 0. The molecule has 0 unspecified atom stereocenters. The molecule has 72 valence electrons. The molecule has 1 saturated heterocycles. The van der Waals surface area contributed by atoms with E-state index in [-0.39, 0.29) is 0 Å². The highest BCUT2D eigenvalue weighted by Gasteiger charge is 2.31. The molecule has 0 aliphatic carbocycles. The summed E-state index contributed by atoms with van der Waals surface area (Å²) in [5.74, 6) is 0. The van der Waals surface area contributed by atoms with E-state index in [1.165, 1.54) is 12.1 Å². The van der Waals surface area contributed by atoms with E-state index in [2.05, 4.69) is 26.2 Å². The maximum absolute atomic E-state index is 5.80. The van der Waals surface area contributed by atoms with Gasteiger partial charge in [-0.1, -0.05) is 0 Å². The van der Waals surface area contributed by atoms with Crippen molar-refractivity contribution in [2.24, 2.45) is 0 Å². The summed E-state index contributed by atoms with van der Waals surface area (Å²) in [7, 11) is -2.61. The van der Waals surface area contributed by atoms with Crippen molar-refractivity contribution in [2.45, 2.75) is 38.3 Å². The van der Waals surface area contributed by atoms with Crippen molar-refractivity contribution < 1.29 is 8.85 Å². The smallest absolute Gasteiger partial charge is 0.186 e. The highest BCUT2D eigenvalue weighted by atomic mass is 28.4. The Morgan fingerprint density at radius 1 is 0.750 bits per heavy atom. The van der Waals surface area contributed by atoms with E-state index in [4.69, 9.17) is 8.85 Å². The third-order valence-corrected chi connectivity index (χ3v) is 7.78. The SMILES string of the molecule is C[Si]1(C)CC[Si](C)(C)OCCO1. The summed E-state index contributed by atoms with van der Waals surface area (Å²) in [5.41, 5.74) is 0. The van der Waals surface area contributed by atoms with E-state index in [9.17, 15) is 0 Å². The lowest BCUT2D eigenvalue weighted by atomic mass is 10.8. The predicted octanol–water partition coefficient (Wildman–Crippen LogP) is 2.44. The molecular formula is C8H20O2Si2. The average molecular weight is 204 g/mol. The molecule has 0 aromatic carbocycles. The summed E-state index contributed by atoms with van der Waals surface area (Å²) in [6.07, 6.45) is 0. The average Bonchev–Trinajstić information content (AvgIpc) is 1.94. The van der Waals surface area contributed by atoms with Crippen molar-refractivity contribution in [2.75, 3.05) is 13.2 Å². The van der Waals surface area contributed by atoms with Gasteiger partial charge in [0.05, 0.1) is 13.2 Å². The molecule has 1 rings (SSSR count). The van der Waals surface area contributed by atoms with E-state index in [0.29, 0.717) is 0 Å². The standard InChI is InChI=1S/C8H20O2Si2/c1-11(2)7-8-12(3,4)10-6-5-9-11/h5-8H2,1-4H3. The third-order valence-electron chi connectivity index (χ3n) is 2.40. The summed E-state index contributed by atoms with van der Waals surface area (Å²) in [4.78, 5) is 0. The lowest BCUT2D eigenvalue weighted by molar-refractivity contribution is 0.198. The molecule has 1 fully saturated rings. The molecule has 0 aromatic heterocycles. The van der Waals surface area contributed by atoms with Crippen molar-refractivity contribution in [3.63, 3.8) is 0 Å². The van der Waals surface area contributed by atoms with Crippen LogP contribution in [0.15, 0.2) is 0 Å². The van der Waals surface area contributed by atoms with Gasteiger partial charge in [-0.3, -0.25) is 0 Å². The van der Waals surface area contributed by atoms with Gasteiger partial charge >= 0.3 is 0 Å². The molecule has 0 N–H and O–H groups in total. The number of rotatable bonds is 0. The van der Waals surface area contributed by atoms with Crippen LogP contribution >= 0.6 is 0 Å². The van der Waals surface area contributed by atoms with Gasteiger partial charge in [-0.2, -0.15) is 0 Å². The Morgan fingerprint density at radius 3 is 1.42 bits per heavy atom. The Labute approximate surface area is 77.5 Å². The first-order valence-electron chi connectivity index (χ1n) is 4.69. The Hall–Kier alpha value is 0.354. The van der Waals surface area contributed by atoms with Crippen molar-refractivity contribution >= 4 is 16.6 Å². The fourth-order valence-corrected chi connectivity index (χ4v) is 7.76. The molecule has 2 nitrogen and oxygen atoms in total. The predicted molar refractivity (Wildman–Crippen MR) is 56.5 cm³/mol. The first-order chi connectivity index (χ1) is 5.41. The molecule has 1 aliphatic heterocycles. The molecule has 1 heterocycles. The molecule has 0 amide bonds. The Bertz CT molecular complexity index is 139. The summed E-state index contributed by atoms with van der Waals surface area (Å²) >= 11 is 0. The second-order valence-electron chi connectivity index (χ2n) is 4.72. The van der Waals surface area contributed by atoms with Gasteiger partial charge in [-0.05, 0) is 38.3 Å². The van der Waals surface area contributed by atoms with Crippen LogP contribution in [0, 0.1) is 0 Å². The second kappa shape index (κ2) is 3.61. The van der Waals surface area contributed by atoms with E-state index in [1.54, 1.807) is 0 Å². The third kappa shape index (κ3) is 3.39. The van der Waals surface area contributed by atoms with Gasteiger partial charge in [0.1, 0.15) is 0 Å². The minimum absolute atomic E-state index is 0.815. The molecule has 0 atom stereocenters. The Balaban J connectivity index is 2.51. The van der Waals surface area contributed by atoms with Crippen LogP contribution in [0.2, 0.25) is 38.3 Å². The zero-order chi connectivity index (χ0) is 9.24. The van der Waals surface area contributed by atoms with Crippen LogP contribution in [0.5, 0.6) is 0 Å². The van der Waals surface area contributed by atoms with Crippen LogP contribution in [-0.2, 0) is 8.85 Å². The van der Waals surface area contributed by atoms with Crippen LogP contribution < -0.4 is 0 Å². The van der Waals surface area contributed by atoms with Gasteiger partial charge in [0.25, 0.3) is 0 Å². The van der Waals surface area contributed by atoms with E-state index in [1.807, 2.05) is 0 Å². The van der Waals surface area contributed by atoms with Gasteiger partial charge in [0, 0.05) is 0 Å².